The number of aliphatic hydroxyl groups is 1. The summed E-state index contributed by atoms with van der Waals surface area (Å²) in [5.41, 5.74) is 0.256. The maximum Gasteiger partial charge on any atom is 0.418 e. The molecule has 5 heterocycles. The van der Waals surface area contributed by atoms with Crippen LogP contribution in [-0.2, 0) is 30.9 Å². The SMILES string of the molecule is Cn1cnnc1CC1(C2=CC(n3cc4c(C(F)(F)F)cc(CN5CCCC(O)CC5)cn4c3=O)=CCC2)COC1. The molecule has 40 heavy (non-hydrogen) atoms. The average molecular weight is 559 g/mol. The summed E-state index contributed by atoms with van der Waals surface area (Å²) in [4.78, 5) is 15.6. The summed E-state index contributed by atoms with van der Waals surface area (Å²) in [6.45, 7) is 2.59. The first-order chi connectivity index (χ1) is 19.1. The Morgan fingerprint density at radius 1 is 1.20 bits per heavy atom. The van der Waals surface area contributed by atoms with Crippen LogP contribution in [0.25, 0.3) is 11.2 Å². The molecule has 0 aromatic carbocycles. The average Bonchev–Trinajstić information content (AvgIpc) is 3.38. The fourth-order valence-corrected chi connectivity index (χ4v) is 6.09. The molecule has 3 aromatic heterocycles. The molecule has 12 heteroatoms. The molecular weight excluding hydrogens is 525 g/mol. The number of rotatable bonds is 6. The molecule has 1 atom stereocenters. The van der Waals surface area contributed by atoms with E-state index in [9.17, 15) is 23.1 Å². The van der Waals surface area contributed by atoms with Gasteiger partial charge in [0.05, 0.1) is 30.4 Å². The summed E-state index contributed by atoms with van der Waals surface area (Å²) >= 11 is 0. The summed E-state index contributed by atoms with van der Waals surface area (Å²) in [7, 11) is 1.89. The zero-order valence-corrected chi connectivity index (χ0v) is 22.4. The zero-order chi connectivity index (χ0) is 28.1. The minimum Gasteiger partial charge on any atom is -0.393 e. The van der Waals surface area contributed by atoms with E-state index in [-0.39, 0.29) is 23.6 Å². The highest BCUT2D eigenvalue weighted by Gasteiger charge is 2.43. The maximum atomic E-state index is 14.2. The third-order valence-electron chi connectivity index (χ3n) is 8.43. The quantitative estimate of drug-likeness (QED) is 0.499. The molecule has 3 aromatic rings. The van der Waals surface area contributed by atoms with Crippen molar-refractivity contribution in [1.29, 1.82) is 0 Å². The van der Waals surface area contributed by atoms with E-state index in [1.807, 2.05) is 28.7 Å². The predicted octanol–water partition coefficient (Wildman–Crippen LogP) is 3.42. The smallest absolute Gasteiger partial charge is 0.393 e. The van der Waals surface area contributed by atoms with Gasteiger partial charge in [-0.15, -0.1) is 10.2 Å². The monoisotopic (exact) mass is 558 g/mol. The third-order valence-corrected chi connectivity index (χ3v) is 8.43. The molecule has 2 saturated heterocycles. The number of alkyl halides is 3. The largest absolute Gasteiger partial charge is 0.418 e. The Bertz CT molecular complexity index is 1530. The fourth-order valence-electron chi connectivity index (χ4n) is 6.09. The molecule has 0 bridgehead atoms. The zero-order valence-electron chi connectivity index (χ0n) is 22.4. The van der Waals surface area contributed by atoms with Gasteiger partial charge in [-0.2, -0.15) is 13.2 Å². The van der Waals surface area contributed by atoms with E-state index in [1.54, 1.807) is 6.33 Å². The number of hydrogen-bond acceptors (Lipinski definition) is 6. The number of hydrogen-bond donors (Lipinski definition) is 1. The minimum absolute atomic E-state index is 0.172. The Balaban J connectivity index is 1.36. The second-order valence-electron chi connectivity index (χ2n) is 11.3. The van der Waals surface area contributed by atoms with Crippen molar-refractivity contribution in [2.75, 3.05) is 26.3 Å². The number of aryl methyl sites for hydroxylation is 1. The van der Waals surface area contributed by atoms with Gasteiger partial charge in [-0.1, -0.05) is 11.6 Å². The molecule has 0 radical (unpaired) electrons. The van der Waals surface area contributed by atoms with Crippen LogP contribution >= 0.6 is 0 Å². The van der Waals surface area contributed by atoms with Crippen molar-refractivity contribution in [3.05, 3.63) is 69.9 Å². The third kappa shape index (κ3) is 5.04. The Hall–Kier alpha value is -3.22. The van der Waals surface area contributed by atoms with Crippen molar-refractivity contribution in [2.45, 2.75) is 57.3 Å². The maximum absolute atomic E-state index is 14.2. The van der Waals surface area contributed by atoms with Gasteiger partial charge in [0.25, 0.3) is 0 Å². The molecule has 1 N–H and O–H groups in total. The van der Waals surface area contributed by atoms with Crippen molar-refractivity contribution in [3.63, 3.8) is 0 Å². The molecule has 1 unspecified atom stereocenters. The second-order valence-corrected chi connectivity index (χ2v) is 11.3. The van der Waals surface area contributed by atoms with Crippen molar-refractivity contribution < 1.29 is 23.0 Å². The first-order valence-electron chi connectivity index (χ1n) is 13.7. The van der Waals surface area contributed by atoms with E-state index < -0.39 is 17.4 Å². The number of likely N-dealkylation sites (tertiary alicyclic amines) is 1. The van der Waals surface area contributed by atoms with Gasteiger partial charge in [-0.05, 0) is 56.4 Å². The van der Waals surface area contributed by atoms with Gasteiger partial charge in [-0.25, -0.2) is 4.79 Å². The van der Waals surface area contributed by atoms with Gasteiger partial charge < -0.3 is 14.4 Å². The number of pyridine rings is 1. The summed E-state index contributed by atoms with van der Waals surface area (Å²) in [5, 5.41) is 18.1. The first-order valence-corrected chi connectivity index (χ1v) is 13.7. The highest BCUT2D eigenvalue weighted by atomic mass is 19.4. The normalized spacial score (nSPS) is 22.1. The van der Waals surface area contributed by atoms with Gasteiger partial charge >= 0.3 is 11.9 Å². The fraction of sp³-hybridized carbons (Fsp3) is 0.536. The van der Waals surface area contributed by atoms with Crippen LogP contribution in [0.5, 0.6) is 0 Å². The molecule has 2 aliphatic heterocycles. The standard InChI is InChI=1S/C28H33F3N6O3/c1-34-18-32-33-25(34)12-27(16-40-17-27)20-4-2-5-21(11-20)36-15-24-23(28(29,30)31)10-19(14-37(24)26(36)39)13-35-8-3-6-22(38)7-9-35/h5,10-11,14-15,18,22,38H,2-4,6-9,12-13,16-17H2,1H3. The van der Waals surface area contributed by atoms with Crippen LogP contribution in [0.2, 0.25) is 0 Å². The van der Waals surface area contributed by atoms with E-state index in [0.29, 0.717) is 63.2 Å². The van der Waals surface area contributed by atoms with Crippen molar-refractivity contribution in [2.24, 2.45) is 12.5 Å². The van der Waals surface area contributed by atoms with E-state index in [0.717, 1.165) is 34.7 Å². The van der Waals surface area contributed by atoms with Crippen LogP contribution in [0.15, 0.2) is 47.3 Å². The Morgan fingerprint density at radius 3 is 2.73 bits per heavy atom. The van der Waals surface area contributed by atoms with Crippen LogP contribution in [0.1, 0.15) is 49.1 Å². The lowest BCUT2D eigenvalue weighted by molar-refractivity contribution is -0.136. The number of fused-ring (bicyclic) bond motifs is 1. The summed E-state index contributed by atoms with van der Waals surface area (Å²) in [6.07, 6.45) is 7.40. The summed E-state index contributed by atoms with van der Waals surface area (Å²) in [6, 6.07) is 1.15. The Morgan fingerprint density at radius 2 is 2.02 bits per heavy atom. The molecule has 2 fully saturated rings. The minimum atomic E-state index is -4.62. The van der Waals surface area contributed by atoms with Crippen LogP contribution in [0, 0.1) is 5.41 Å². The van der Waals surface area contributed by atoms with Gasteiger partial charge in [0.15, 0.2) is 0 Å². The van der Waals surface area contributed by atoms with E-state index in [1.165, 1.54) is 17.0 Å². The topological polar surface area (TPSA) is 89.8 Å². The number of halogens is 3. The van der Waals surface area contributed by atoms with Gasteiger partial charge in [0.2, 0.25) is 0 Å². The second kappa shape index (κ2) is 10.3. The van der Waals surface area contributed by atoms with Crippen molar-refractivity contribution in [3.8, 4) is 0 Å². The molecule has 0 spiro atoms. The molecule has 214 valence electrons. The van der Waals surface area contributed by atoms with E-state index in [4.69, 9.17) is 4.74 Å². The summed E-state index contributed by atoms with van der Waals surface area (Å²) < 4.78 is 52.6. The number of aliphatic hydroxyl groups excluding tert-OH is 1. The molecule has 0 saturated carbocycles. The molecule has 3 aliphatic rings. The number of nitrogens with zero attached hydrogens (tertiary/aromatic N) is 6. The lowest BCUT2D eigenvalue weighted by Crippen LogP contribution is -2.46. The van der Waals surface area contributed by atoms with Gasteiger partial charge in [-0.3, -0.25) is 13.9 Å². The highest BCUT2D eigenvalue weighted by molar-refractivity contribution is 5.65. The number of imidazole rings is 1. The van der Waals surface area contributed by atoms with Crippen LogP contribution in [0.3, 0.4) is 0 Å². The molecular formula is C28H33F3N6O3. The lowest BCUT2D eigenvalue weighted by Gasteiger charge is -2.44. The number of ether oxygens (including phenoxy) is 1. The molecule has 9 nitrogen and oxygen atoms in total. The van der Waals surface area contributed by atoms with Crippen molar-refractivity contribution >= 4 is 11.2 Å². The van der Waals surface area contributed by atoms with E-state index >= 15 is 0 Å². The number of aromatic nitrogens is 5. The van der Waals surface area contributed by atoms with Crippen LogP contribution < -0.4 is 5.69 Å². The predicted molar refractivity (Wildman–Crippen MR) is 141 cm³/mol. The summed E-state index contributed by atoms with van der Waals surface area (Å²) in [5.74, 6) is 0.827. The highest BCUT2D eigenvalue weighted by Crippen LogP contribution is 2.43. The van der Waals surface area contributed by atoms with Crippen LogP contribution in [-0.4, -0.2) is 66.1 Å². The Labute approximate surface area is 229 Å². The van der Waals surface area contributed by atoms with E-state index in [2.05, 4.69) is 10.2 Å². The molecule has 6 rings (SSSR count). The molecule has 0 amide bonds. The Kier molecular flexibility index (Phi) is 6.96. The van der Waals surface area contributed by atoms with Gasteiger partial charge in [0, 0.05) is 50.1 Å². The molecule has 1 aliphatic carbocycles. The van der Waals surface area contributed by atoms with Crippen molar-refractivity contribution in [1.82, 2.24) is 28.6 Å². The lowest BCUT2D eigenvalue weighted by atomic mass is 9.72. The van der Waals surface area contributed by atoms with Crippen LogP contribution in [0.4, 0.5) is 13.2 Å². The van der Waals surface area contributed by atoms with Gasteiger partial charge in [0.1, 0.15) is 12.2 Å². The first kappa shape index (κ1) is 27.0. The number of allylic oxidation sites excluding steroid dienone is 3.